The van der Waals surface area contributed by atoms with E-state index in [1.165, 1.54) is 0 Å². The van der Waals surface area contributed by atoms with Crippen LogP contribution in [0.25, 0.3) is 0 Å². The highest BCUT2D eigenvalue weighted by atomic mass is 127. The Morgan fingerprint density at radius 1 is 1.10 bits per heavy atom. The topological polar surface area (TPSA) is 79.5 Å². The predicted molar refractivity (Wildman–Crippen MR) is 129 cm³/mol. The number of carbonyl (C=O) groups excluding carboxylic acids is 1. The monoisotopic (exact) mass is 546 g/mol. The van der Waals surface area contributed by atoms with Crippen LogP contribution in [-0.4, -0.2) is 86.9 Å². The fourth-order valence-electron chi connectivity index (χ4n) is 4.38. The van der Waals surface area contributed by atoms with E-state index < -0.39 is 0 Å². The van der Waals surface area contributed by atoms with Gasteiger partial charge in [-0.15, -0.1) is 24.0 Å². The minimum Gasteiger partial charge on any atom is -0.469 e. The van der Waals surface area contributed by atoms with Gasteiger partial charge >= 0.3 is 0 Å². The summed E-state index contributed by atoms with van der Waals surface area (Å²) in [6.45, 7) is 6.76. The molecule has 1 aromatic heterocycles. The number of furan rings is 1. The van der Waals surface area contributed by atoms with Crippen LogP contribution in [0, 0.1) is 5.92 Å². The molecule has 0 aliphatic carbocycles. The summed E-state index contributed by atoms with van der Waals surface area (Å²) in [7, 11) is 0. The maximum atomic E-state index is 12.8. The van der Waals surface area contributed by atoms with E-state index in [1.807, 2.05) is 17.0 Å². The average molecular weight is 546 g/mol. The molecule has 1 N–H and O–H groups in total. The van der Waals surface area contributed by atoms with Gasteiger partial charge < -0.3 is 29.0 Å². The van der Waals surface area contributed by atoms with Gasteiger partial charge in [0.15, 0.2) is 5.96 Å². The van der Waals surface area contributed by atoms with Crippen molar-refractivity contribution in [3.8, 4) is 0 Å². The molecule has 3 saturated heterocycles. The Hall–Kier alpha value is -1.33. The SMILES string of the molecule is I.O=C(C1CCN(C(=NCC2CCCO2)NCCc2ccco2)CC1)N1CCOCC1. The lowest BCUT2D eigenvalue weighted by molar-refractivity contribution is -0.140. The molecule has 4 rings (SSSR count). The molecule has 174 valence electrons. The second kappa shape index (κ2) is 12.6. The summed E-state index contributed by atoms with van der Waals surface area (Å²) in [5.74, 6) is 2.30. The van der Waals surface area contributed by atoms with Gasteiger partial charge in [0, 0.05) is 51.7 Å². The molecule has 1 aromatic rings. The largest absolute Gasteiger partial charge is 0.469 e. The smallest absolute Gasteiger partial charge is 0.225 e. The Labute approximate surface area is 201 Å². The average Bonchev–Trinajstić information content (AvgIpc) is 3.51. The van der Waals surface area contributed by atoms with E-state index in [2.05, 4.69) is 10.2 Å². The molecule has 0 spiro atoms. The second-order valence-corrected chi connectivity index (χ2v) is 8.25. The van der Waals surface area contributed by atoms with Gasteiger partial charge in [0.25, 0.3) is 0 Å². The van der Waals surface area contributed by atoms with Crippen LogP contribution >= 0.6 is 24.0 Å². The highest BCUT2D eigenvalue weighted by Crippen LogP contribution is 2.21. The van der Waals surface area contributed by atoms with Gasteiger partial charge in [-0.1, -0.05) is 0 Å². The van der Waals surface area contributed by atoms with E-state index in [9.17, 15) is 4.79 Å². The number of carbonyl (C=O) groups is 1. The Kier molecular flexibility index (Phi) is 9.92. The summed E-state index contributed by atoms with van der Waals surface area (Å²) in [6.07, 6.45) is 6.70. The Morgan fingerprint density at radius 3 is 2.58 bits per heavy atom. The maximum Gasteiger partial charge on any atom is 0.225 e. The number of hydrogen-bond acceptors (Lipinski definition) is 5. The van der Waals surface area contributed by atoms with Crippen LogP contribution in [0.4, 0.5) is 0 Å². The highest BCUT2D eigenvalue weighted by Gasteiger charge is 2.30. The zero-order valence-electron chi connectivity index (χ0n) is 18.2. The van der Waals surface area contributed by atoms with Gasteiger partial charge in [-0.3, -0.25) is 9.79 Å². The summed E-state index contributed by atoms with van der Waals surface area (Å²) in [6, 6.07) is 3.91. The van der Waals surface area contributed by atoms with Crippen LogP contribution in [-0.2, 0) is 20.7 Å². The van der Waals surface area contributed by atoms with Crippen LogP contribution < -0.4 is 5.32 Å². The predicted octanol–water partition coefficient (Wildman–Crippen LogP) is 2.14. The van der Waals surface area contributed by atoms with E-state index in [0.717, 1.165) is 83.2 Å². The number of aliphatic imine (C=N–C) groups is 1. The number of ether oxygens (including phenoxy) is 2. The summed E-state index contributed by atoms with van der Waals surface area (Å²) in [5, 5.41) is 3.51. The molecule has 0 saturated carbocycles. The normalized spacial score (nSPS) is 23.0. The molecule has 1 atom stereocenters. The van der Waals surface area contributed by atoms with Crippen molar-refractivity contribution in [3.05, 3.63) is 24.2 Å². The Bertz CT molecular complexity index is 680. The van der Waals surface area contributed by atoms with Crippen molar-refractivity contribution in [3.63, 3.8) is 0 Å². The number of guanidine groups is 1. The zero-order valence-corrected chi connectivity index (χ0v) is 20.5. The van der Waals surface area contributed by atoms with Gasteiger partial charge in [0.05, 0.1) is 32.1 Å². The third-order valence-electron chi connectivity index (χ3n) is 6.17. The van der Waals surface area contributed by atoms with E-state index in [4.69, 9.17) is 18.9 Å². The molecule has 0 bridgehead atoms. The minimum atomic E-state index is 0. The summed E-state index contributed by atoms with van der Waals surface area (Å²) < 4.78 is 16.6. The minimum absolute atomic E-state index is 0. The van der Waals surface area contributed by atoms with Gasteiger partial charge in [-0.25, -0.2) is 0 Å². The van der Waals surface area contributed by atoms with Crippen molar-refractivity contribution < 1.29 is 18.7 Å². The molecule has 1 unspecified atom stereocenters. The number of nitrogens with zero attached hydrogens (tertiary/aromatic N) is 3. The van der Waals surface area contributed by atoms with E-state index >= 15 is 0 Å². The van der Waals surface area contributed by atoms with Gasteiger partial charge in [0.2, 0.25) is 5.91 Å². The molecule has 8 nitrogen and oxygen atoms in total. The molecule has 3 fully saturated rings. The van der Waals surface area contributed by atoms with E-state index in [0.29, 0.717) is 25.7 Å². The number of nitrogens with one attached hydrogen (secondary N) is 1. The van der Waals surface area contributed by atoms with Crippen LogP contribution in [0.5, 0.6) is 0 Å². The van der Waals surface area contributed by atoms with Crippen molar-refractivity contribution in [1.29, 1.82) is 0 Å². The zero-order chi connectivity index (χ0) is 20.6. The first-order valence-corrected chi connectivity index (χ1v) is 11.3. The van der Waals surface area contributed by atoms with Crippen molar-refractivity contribution in [2.24, 2.45) is 10.9 Å². The van der Waals surface area contributed by atoms with Crippen LogP contribution in [0.1, 0.15) is 31.4 Å². The molecule has 3 aliphatic rings. The molecule has 9 heteroatoms. The number of piperidine rings is 1. The third kappa shape index (κ3) is 7.08. The number of halogens is 1. The second-order valence-electron chi connectivity index (χ2n) is 8.25. The van der Waals surface area contributed by atoms with Crippen molar-refractivity contribution in [1.82, 2.24) is 15.1 Å². The first-order chi connectivity index (χ1) is 14.8. The number of amides is 1. The van der Waals surface area contributed by atoms with Crippen LogP contribution in [0.3, 0.4) is 0 Å². The highest BCUT2D eigenvalue weighted by molar-refractivity contribution is 14.0. The van der Waals surface area contributed by atoms with E-state index in [1.54, 1.807) is 6.26 Å². The van der Waals surface area contributed by atoms with Crippen molar-refractivity contribution >= 4 is 35.8 Å². The molecule has 1 amide bonds. The Balaban J connectivity index is 0.00000272. The summed E-state index contributed by atoms with van der Waals surface area (Å²) >= 11 is 0. The lowest BCUT2D eigenvalue weighted by Crippen LogP contribution is -2.50. The van der Waals surface area contributed by atoms with Gasteiger partial charge in [0.1, 0.15) is 5.76 Å². The van der Waals surface area contributed by atoms with Crippen LogP contribution in [0.15, 0.2) is 27.8 Å². The number of hydrogen-bond donors (Lipinski definition) is 1. The quantitative estimate of drug-likeness (QED) is 0.335. The maximum absolute atomic E-state index is 12.8. The first kappa shape index (κ1) is 24.3. The lowest BCUT2D eigenvalue weighted by atomic mass is 9.95. The number of likely N-dealkylation sites (tertiary alicyclic amines) is 1. The molecule has 3 aliphatic heterocycles. The molecule has 4 heterocycles. The molecule has 31 heavy (non-hydrogen) atoms. The first-order valence-electron chi connectivity index (χ1n) is 11.3. The number of morpholine rings is 1. The summed E-state index contributed by atoms with van der Waals surface area (Å²) in [5.41, 5.74) is 0. The third-order valence-corrected chi connectivity index (χ3v) is 6.17. The molecular weight excluding hydrogens is 511 g/mol. The fourth-order valence-corrected chi connectivity index (χ4v) is 4.38. The number of rotatable bonds is 6. The van der Waals surface area contributed by atoms with Crippen LogP contribution in [0.2, 0.25) is 0 Å². The van der Waals surface area contributed by atoms with Gasteiger partial charge in [-0.05, 0) is 37.8 Å². The fraction of sp³-hybridized carbons (Fsp3) is 0.727. The summed E-state index contributed by atoms with van der Waals surface area (Å²) in [4.78, 5) is 21.9. The van der Waals surface area contributed by atoms with Crippen molar-refractivity contribution in [2.75, 3.05) is 59.1 Å². The molecule has 0 radical (unpaired) electrons. The standard InChI is InChI=1S/C22H34N4O4.HI/c27-21(25-11-15-28-16-12-25)18-6-9-26(10-7-18)22(24-17-20-4-2-14-30-20)23-8-5-19-3-1-13-29-19;/h1,3,13,18,20H,2,4-12,14-17H2,(H,23,24);1H. The lowest BCUT2D eigenvalue weighted by Gasteiger charge is -2.37. The van der Waals surface area contributed by atoms with E-state index in [-0.39, 0.29) is 36.0 Å². The van der Waals surface area contributed by atoms with Crippen molar-refractivity contribution in [2.45, 2.75) is 38.2 Å². The molecular formula is C22H35IN4O4. The van der Waals surface area contributed by atoms with Gasteiger partial charge in [-0.2, -0.15) is 0 Å². The Morgan fingerprint density at radius 2 is 1.90 bits per heavy atom. The molecule has 0 aromatic carbocycles.